The number of ether oxygens (including phenoxy) is 2. The van der Waals surface area contributed by atoms with Crippen molar-refractivity contribution in [1.82, 2.24) is 5.32 Å². The molecule has 0 bridgehead atoms. The maximum absolute atomic E-state index is 12.5. The summed E-state index contributed by atoms with van der Waals surface area (Å²) in [6.45, 7) is 0.539. The third kappa shape index (κ3) is 4.97. The molecule has 1 aliphatic rings. The van der Waals surface area contributed by atoms with Gasteiger partial charge in [0.2, 0.25) is 0 Å². The van der Waals surface area contributed by atoms with E-state index in [0.29, 0.717) is 19.4 Å². The lowest BCUT2D eigenvalue weighted by Crippen LogP contribution is -2.31. The smallest absolute Gasteiger partial charge is 0.312 e. The zero-order chi connectivity index (χ0) is 21.5. The molecule has 7 nitrogen and oxygen atoms in total. The summed E-state index contributed by atoms with van der Waals surface area (Å²) in [5.74, 6) is -1.57. The molecular weight excluding hydrogens is 384 g/mol. The summed E-state index contributed by atoms with van der Waals surface area (Å²) in [5, 5.41) is 2.46. The molecular formula is C23H26N2O5. The predicted octanol–water partition coefficient (Wildman–Crippen LogP) is 2.97. The number of rotatable bonds is 9. The van der Waals surface area contributed by atoms with Crippen LogP contribution in [-0.2, 0) is 19.1 Å². The summed E-state index contributed by atoms with van der Waals surface area (Å²) in [7, 11) is 1.29. The number of nitrogens with two attached hydrogens (primary N) is 1. The quantitative estimate of drug-likeness (QED) is 0.488. The molecule has 0 saturated heterocycles. The van der Waals surface area contributed by atoms with Gasteiger partial charge in [-0.25, -0.2) is 4.79 Å². The number of carbonyl (C=O) groups excluding carboxylic acids is 3. The van der Waals surface area contributed by atoms with Gasteiger partial charge in [-0.3, -0.25) is 9.59 Å². The van der Waals surface area contributed by atoms with Gasteiger partial charge in [0.15, 0.2) is 0 Å². The number of urea groups is 1. The number of nitrogens with one attached hydrogen (secondary N) is 1. The fourth-order valence-electron chi connectivity index (χ4n) is 3.91. The lowest BCUT2D eigenvalue weighted by molar-refractivity contribution is -0.153. The van der Waals surface area contributed by atoms with Crippen LogP contribution in [0.5, 0.6) is 0 Å². The monoisotopic (exact) mass is 410 g/mol. The first-order valence-corrected chi connectivity index (χ1v) is 9.96. The van der Waals surface area contributed by atoms with Crippen LogP contribution in [0, 0.1) is 5.92 Å². The van der Waals surface area contributed by atoms with Crippen LogP contribution >= 0.6 is 0 Å². The molecule has 1 atom stereocenters. The van der Waals surface area contributed by atoms with E-state index in [1.54, 1.807) is 0 Å². The van der Waals surface area contributed by atoms with Gasteiger partial charge in [-0.2, -0.15) is 0 Å². The Morgan fingerprint density at radius 1 is 1.03 bits per heavy atom. The molecule has 0 saturated carbocycles. The van der Waals surface area contributed by atoms with E-state index in [-0.39, 0.29) is 18.9 Å². The van der Waals surface area contributed by atoms with E-state index in [2.05, 4.69) is 29.6 Å². The van der Waals surface area contributed by atoms with Crippen molar-refractivity contribution in [1.29, 1.82) is 0 Å². The fraction of sp³-hybridized carbons (Fsp3) is 0.348. The van der Waals surface area contributed by atoms with Crippen LogP contribution in [-0.4, -0.2) is 38.2 Å². The summed E-state index contributed by atoms with van der Waals surface area (Å²) >= 11 is 0. The van der Waals surface area contributed by atoms with Crippen molar-refractivity contribution in [3.05, 3.63) is 59.7 Å². The third-order valence-corrected chi connectivity index (χ3v) is 5.35. The minimum Gasteiger partial charge on any atom is -0.469 e. The highest BCUT2D eigenvalue weighted by Gasteiger charge is 2.30. The predicted molar refractivity (Wildman–Crippen MR) is 112 cm³/mol. The molecule has 2 amide bonds. The standard InChI is InChI=1S/C23H26N2O5/c1-29-22(27)15(7-6-12-25-23(24)28)13-21(26)30-14-20-18-10-4-2-8-16(18)17-9-3-5-11-19(17)20/h2-5,8-11,15,20H,6-7,12-14H2,1H3,(H3,24,25,28)/t15-/m1/s1. The van der Waals surface area contributed by atoms with Gasteiger partial charge in [-0.1, -0.05) is 48.5 Å². The highest BCUT2D eigenvalue weighted by molar-refractivity contribution is 5.81. The molecule has 2 aromatic rings. The molecule has 0 radical (unpaired) electrons. The van der Waals surface area contributed by atoms with Gasteiger partial charge in [0.05, 0.1) is 19.4 Å². The van der Waals surface area contributed by atoms with E-state index in [9.17, 15) is 14.4 Å². The average molecular weight is 410 g/mol. The number of esters is 2. The normalized spacial score (nSPS) is 13.1. The van der Waals surface area contributed by atoms with E-state index in [1.807, 2.05) is 24.3 Å². The Morgan fingerprint density at radius 3 is 2.20 bits per heavy atom. The Balaban J connectivity index is 1.60. The molecule has 1 aliphatic carbocycles. The molecule has 0 heterocycles. The van der Waals surface area contributed by atoms with Gasteiger partial charge in [0.1, 0.15) is 6.61 Å². The second-order valence-electron chi connectivity index (χ2n) is 7.27. The molecule has 30 heavy (non-hydrogen) atoms. The lowest BCUT2D eigenvalue weighted by atomic mass is 9.97. The number of hydrogen-bond acceptors (Lipinski definition) is 5. The summed E-state index contributed by atoms with van der Waals surface area (Å²) in [6, 6.07) is 15.6. The first-order valence-electron chi connectivity index (χ1n) is 9.96. The van der Waals surface area contributed by atoms with Crippen molar-refractivity contribution in [3.8, 4) is 11.1 Å². The second kappa shape index (κ2) is 9.91. The van der Waals surface area contributed by atoms with E-state index < -0.39 is 23.9 Å². The van der Waals surface area contributed by atoms with Gasteiger partial charge < -0.3 is 20.5 Å². The van der Waals surface area contributed by atoms with Crippen LogP contribution in [0.3, 0.4) is 0 Å². The molecule has 3 N–H and O–H groups in total. The Bertz CT molecular complexity index is 882. The molecule has 0 aromatic heterocycles. The summed E-state index contributed by atoms with van der Waals surface area (Å²) < 4.78 is 10.4. The molecule has 2 aromatic carbocycles. The molecule has 7 heteroatoms. The second-order valence-corrected chi connectivity index (χ2v) is 7.27. The first kappa shape index (κ1) is 21.4. The molecule has 0 aliphatic heterocycles. The van der Waals surface area contributed by atoms with E-state index >= 15 is 0 Å². The molecule has 0 spiro atoms. The number of hydrogen-bond donors (Lipinski definition) is 2. The Hall–Kier alpha value is -3.35. The Labute approximate surface area is 175 Å². The van der Waals surface area contributed by atoms with Crippen LogP contribution in [0.15, 0.2) is 48.5 Å². The van der Waals surface area contributed by atoms with Crippen LogP contribution < -0.4 is 11.1 Å². The average Bonchev–Trinajstić information content (AvgIpc) is 3.07. The highest BCUT2D eigenvalue weighted by atomic mass is 16.5. The summed E-state index contributed by atoms with van der Waals surface area (Å²) in [6.07, 6.45) is 0.815. The minimum absolute atomic E-state index is 0.0299. The summed E-state index contributed by atoms with van der Waals surface area (Å²) in [4.78, 5) is 35.2. The van der Waals surface area contributed by atoms with E-state index in [4.69, 9.17) is 15.2 Å². The Morgan fingerprint density at radius 2 is 1.63 bits per heavy atom. The fourth-order valence-corrected chi connectivity index (χ4v) is 3.91. The van der Waals surface area contributed by atoms with E-state index in [0.717, 1.165) is 22.3 Å². The topological polar surface area (TPSA) is 108 Å². The highest BCUT2D eigenvalue weighted by Crippen LogP contribution is 2.44. The summed E-state index contributed by atoms with van der Waals surface area (Å²) in [5.41, 5.74) is 9.61. The molecule has 3 rings (SSSR count). The van der Waals surface area contributed by atoms with Crippen molar-refractivity contribution in [3.63, 3.8) is 0 Å². The number of carbonyl (C=O) groups is 3. The largest absolute Gasteiger partial charge is 0.469 e. The van der Waals surface area contributed by atoms with Gasteiger partial charge >= 0.3 is 18.0 Å². The lowest BCUT2D eigenvalue weighted by Gasteiger charge is -2.17. The third-order valence-electron chi connectivity index (χ3n) is 5.35. The number of amides is 2. The number of primary amides is 1. The molecule has 0 unspecified atom stereocenters. The van der Waals surface area contributed by atoms with Crippen molar-refractivity contribution in [2.24, 2.45) is 11.7 Å². The van der Waals surface area contributed by atoms with Gasteiger partial charge in [-0.15, -0.1) is 0 Å². The molecule has 0 fully saturated rings. The van der Waals surface area contributed by atoms with Crippen LogP contribution in [0.1, 0.15) is 36.3 Å². The number of fused-ring (bicyclic) bond motifs is 3. The van der Waals surface area contributed by atoms with Crippen LogP contribution in [0.2, 0.25) is 0 Å². The minimum atomic E-state index is -0.625. The number of benzene rings is 2. The van der Waals surface area contributed by atoms with Crippen LogP contribution in [0.25, 0.3) is 11.1 Å². The zero-order valence-corrected chi connectivity index (χ0v) is 16.9. The first-order chi connectivity index (χ1) is 14.5. The number of methoxy groups -OCH3 is 1. The van der Waals surface area contributed by atoms with Crippen molar-refractivity contribution >= 4 is 18.0 Å². The van der Waals surface area contributed by atoms with Crippen molar-refractivity contribution in [2.75, 3.05) is 20.3 Å². The van der Waals surface area contributed by atoms with Gasteiger partial charge in [-0.05, 0) is 35.1 Å². The molecule has 158 valence electrons. The van der Waals surface area contributed by atoms with Crippen molar-refractivity contribution in [2.45, 2.75) is 25.2 Å². The maximum atomic E-state index is 12.5. The van der Waals surface area contributed by atoms with E-state index in [1.165, 1.54) is 7.11 Å². The van der Waals surface area contributed by atoms with Crippen molar-refractivity contribution < 1.29 is 23.9 Å². The van der Waals surface area contributed by atoms with Gasteiger partial charge in [0.25, 0.3) is 0 Å². The Kier molecular flexibility index (Phi) is 7.06. The maximum Gasteiger partial charge on any atom is 0.312 e. The SMILES string of the molecule is COC(=O)[C@H](CCCNC(N)=O)CC(=O)OCC1c2ccccc2-c2ccccc21. The zero-order valence-electron chi connectivity index (χ0n) is 16.9. The van der Waals surface area contributed by atoms with Crippen LogP contribution in [0.4, 0.5) is 4.79 Å². The van der Waals surface area contributed by atoms with Gasteiger partial charge in [0, 0.05) is 12.5 Å².